The Morgan fingerprint density at radius 2 is 2.00 bits per heavy atom. The molecule has 1 atom stereocenters. The van der Waals surface area contributed by atoms with Crippen molar-refractivity contribution < 1.29 is 0 Å². The van der Waals surface area contributed by atoms with E-state index in [1.54, 1.807) is 11.3 Å². The van der Waals surface area contributed by atoms with Crippen molar-refractivity contribution in [1.82, 2.24) is 0 Å². The summed E-state index contributed by atoms with van der Waals surface area (Å²) in [6.07, 6.45) is 0. The molecule has 1 nitrogen and oxygen atoms in total. The first-order valence-corrected chi connectivity index (χ1v) is 7.25. The van der Waals surface area contributed by atoms with Gasteiger partial charge in [0.2, 0.25) is 0 Å². The van der Waals surface area contributed by atoms with E-state index in [0.29, 0.717) is 0 Å². The summed E-state index contributed by atoms with van der Waals surface area (Å²) in [7, 11) is 0. The van der Waals surface area contributed by atoms with Crippen molar-refractivity contribution in [1.29, 1.82) is 0 Å². The molecule has 1 heterocycles. The monoisotopic (exact) mass is 329 g/mol. The third-order valence-corrected chi connectivity index (χ3v) is 5.14. The number of halogens is 2. The van der Waals surface area contributed by atoms with E-state index in [1.165, 1.54) is 4.88 Å². The van der Waals surface area contributed by atoms with E-state index in [9.17, 15) is 0 Å². The predicted octanol–water partition coefficient (Wildman–Crippen LogP) is 4.83. The van der Waals surface area contributed by atoms with E-state index < -0.39 is 0 Å². The topological polar surface area (TPSA) is 26.0 Å². The van der Waals surface area contributed by atoms with Crippen molar-refractivity contribution in [3.8, 4) is 0 Å². The predicted molar refractivity (Wildman–Crippen MR) is 79.0 cm³/mol. The molecule has 0 amide bonds. The van der Waals surface area contributed by atoms with Crippen LogP contribution in [0.3, 0.4) is 0 Å². The Morgan fingerprint density at radius 1 is 1.29 bits per heavy atom. The van der Waals surface area contributed by atoms with Gasteiger partial charge in [-0.05, 0) is 53.0 Å². The van der Waals surface area contributed by atoms with Crippen LogP contribution in [0.1, 0.15) is 26.9 Å². The molecule has 2 rings (SSSR count). The van der Waals surface area contributed by atoms with Crippen LogP contribution < -0.4 is 5.73 Å². The number of hydrogen-bond donors (Lipinski definition) is 1. The van der Waals surface area contributed by atoms with Crippen molar-refractivity contribution in [2.45, 2.75) is 19.9 Å². The first-order valence-electron chi connectivity index (χ1n) is 5.26. The van der Waals surface area contributed by atoms with Gasteiger partial charge >= 0.3 is 0 Å². The first-order chi connectivity index (χ1) is 7.99. The van der Waals surface area contributed by atoms with E-state index in [4.69, 9.17) is 17.3 Å². The second-order valence-electron chi connectivity index (χ2n) is 4.06. The lowest BCUT2D eigenvalue weighted by Crippen LogP contribution is -2.10. The Balaban J connectivity index is 2.40. The molecule has 0 saturated heterocycles. The minimum atomic E-state index is -0.0981. The molecule has 1 unspecified atom stereocenters. The van der Waals surface area contributed by atoms with E-state index in [2.05, 4.69) is 35.0 Å². The molecule has 0 aliphatic heterocycles. The summed E-state index contributed by atoms with van der Waals surface area (Å²) >= 11 is 11.3. The van der Waals surface area contributed by atoms with E-state index in [1.807, 2.05) is 19.1 Å². The lowest BCUT2D eigenvalue weighted by Gasteiger charge is -2.12. The number of nitrogens with two attached hydrogens (primary N) is 1. The third kappa shape index (κ3) is 2.74. The summed E-state index contributed by atoms with van der Waals surface area (Å²) in [5, 5.41) is 0.780. The van der Waals surface area contributed by atoms with Gasteiger partial charge in [-0.15, -0.1) is 11.3 Å². The maximum absolute atomic E-state index is 6.29. The van der Waals surface area contributed by atoms with Crippen LogP contribution in [-0.2, 0) is 0 Å². The van der Waals surface area contributed by atoms with Crippen LogP contribution in [-0.4, -0.2) is 0 Å². The number of thiophene rings is 1. The standard InChI is InChI=1S/C13H13BrClNS/c1-7-5-9(3-4-11(7)15)12(16)13-10(14)6-8(2)17-13/h3-6,12H,16H2,1-2H3. The molecule has 0 bridgehead atoms. The van der Waals surface area contributed by atoms with E-state index >= 15 is 0 Å². The van der Waals surface area contributed by atoms with Crippen LogP contribution in [0.4, 0.5) is 0 Å². The van der Waals surface area contributed by atoms with E-state index in [0.717, 1.165) is 25.5 Å². The molecule has 0 aliphatic rings. The second-order valence-corrected chi connectivity index (χ2v) is 6.60. The molecule has 0 radical (unpaired) electrons. The van der Waals surface area contributed by atoms with E-state index in [-0.39, 0.29) is 6.04 Å². The zero-order valence-electron chi connectivity index (χ0n) is 9.63. The summed E-state index contributed by atoms with van der Waals surface area (Å²) in [5.74, 6) is 0. The molecular formula is C13H13BrClNS. The highest BCUT2D eigenvalue weighted by atomic mass is 79.9. The zero-order valence-corrected chi connectivity index (χ0v) is 12.8. The number of hydrogen-bond acceptors (Lipinski definition) is 2. The summed E-state index contributed by atoms with van der Waals surface area (Å²) < 4.78 is 1.08. The lowest BCUT2D eigenvalue weighted by molar-refractivity contribution is 0.887. The highest BCUT2D eigenvalue weighted by molar-refractivity contribution is 9.10. The van der Waals surface area contributed by atoms with Gasteiger partial charge in [-0.1, -0.05) is 23.7 Å². The van der Waals surface area contributed by atoms with Gasteiger partial charge in [0.1, 0.15) is 0 Å². The fourth-order valence-electron chi connectivity index (χ4n) is 1.73. The molecular weight excluding hydrogens is 318 g/mol. The van der Waals surface area contributed by atoms with Gasteiger partial charge < -0.3 is 5.73 Å². The highest BCUT2D eigenvalue weighted by Crippen LogP contribution is 2.34. The minimum absolute atomic E-state index is 0.0981. The Kier molecular flexibility index (Phi) is 3.93. The summed E-state index contributed by atoms with van der Waals surface area (Å²) in [6.45, 7) is 4.08. The van der Waals surface area contributed by atoms with Gasteiger partial charge in [0.25, 0.3) is 0 Å². The van der Waals surface area contributed by atoms with Crippen molar-refractivity contribution in [3.63, 3.8) is 0 Å². The SMILES string of the molecule is Cc1cc(Br)c(C(N)c2ccc(Cl)c(C)c2)s1. The van der Waals surface area contributed by atoms with Gasteiger partial charge in [-0.25, -0.2) is 0 Å². The molecule has 1 aromatic heterocycles. The van der Waals surface area contributed by atoms with Crippen LogP contribution in [0.25, 0.3) is 0 Å². The fraction of sp³-hybridized carbons (Fsp3) is 0.231. The van der Waals surface area contributed by atoms with Crippen LogP contribution in [0, 0.1) is 13.8 Å². The summed E-state index contributed by atoms with van der Waals surface area (Å²) in [4.78, 5) is 2.41. The van der Waals surface area contributed by atoms with Gasteiger partial charge in [-0.3, -0.25) is 0 Å². The van der Waals surface area contributed by atoms with Gasteiger partial charge in [-0.2, -0.15) is 0 Å². The molecule has 0 spiro atoms. The molecule has 17 heavy (non-hydrogen) atoms. The third-order valence-electron chi connectivity index (χ3n) is 2.66. The largest absolute Gasteiger partial charge is 0.320 e. The van der Waals surface area contributed by atoms with Crippen molar-refractivity contribution in [2.75, 3.05) is 0 Å². The normalized spacial score (nSPS) is 12.8. The fourth-order valence-corrected chi connectivity index (χ4v) is 3.77. The van der Waals surface area contributed by atoms with Gasteiger partial charge in [0.05, 0.1) is 6.04 Å². The highest BCUT2D eigenvalue weighted by Gasteiger charge is 2.15. The Hall–Kier alpha value is -0.350. The van der Waals surface area contributed by atoms with Gasteiger partial charge in [0.15, 0.2) is 0 Å². The van der Waals surface area contributed by atoms with Crippen molar-refractivity contribution >= 4 is 38.9 Å². The Bertz CT molecular complexity index is 550. The Labute approximate surface area is 119 Å². The minimum Gasteiger partial charge on any atom is -0.320 e. The molecule has 1 aromatic carbocycles. The van der Waals surface area contributed by atoms with Crippen molar-refractivity contribution in [2.24, 2.45) is 5.73 Å². The van der Waals surface area contributed by atoms with Crippen molar-refractivity contribution in [3.05, 3.63) is 54.6 Å². The number of rotatable bonds is 2. The molecule has 0 saturated carbocycles. The van der Waals surface area contributed by atoms with Gasteiger partial charge in [0, 0.05) is 19.2 Å². The van der Waals surface area contributed by atoms with Crippen LogP contribution in [0.2, 0.25) is 5.02 Å². The van der Waals surface area contributed by atoms with Crippen LogP contribution in [0.15, 0.2) is 28.7 Å². The average molecular weight is 331 g/mol. The molecule has 90 valence electrons. The quantitative estimate of drug-likeness (QED) is 0.838. The zero-order chi connectivity index (χ0) is 12.6. The molecule has 4 heteroatoms. The average Bonchev–Trinajstić information content (AvgIpc) is 2.61. The first kappa shape index (κ1) is 13.1. The molecule has 2 aromatic rings. The summed E-state index contributed by atoms with van der Waals surface area (Å²) in [5.41, 5.74) is 8.44. The maximum Gasteiger partial charge on any atom is 0.0657 e. The second kappa shape index (κ2) is 5.11. The number of benzene rings is 1. The lowest BCUT2D eigenvalue weighted by atomic mass is 10.0. The molecule has 2 N–H and O–H groups in total. The molecule has 0 fully saturated rings. The van der Waals surface area contributed by atoms with Crippen LogP contribution in [0.5, 0.6) is 0 Å². The molecule has 0 aliphatic carbocycles. The Morgan fingerprint density at radius 3 is 2.53 bits per heavy atom. The maximum atomic E-state index is 6.29. The van der Waals surface area contributed by atoms with Crippen LogP contribution >= 0.6 is 38.9 Å². The smallest absolute Gasteiger partial charge is 0.0657 e. The summed E-state index contributed by atoms with van der Waals surface area (Å²) in [6, 6.07) is 7.94. The number of aryl methyl sites for hydroxylation is 2.